The highest BCUT2D eigenvalue weighted by molar-refractivity contribution is 5.84. The lowest BCUT2D eigenvalue weighted by Crippen LogP contribution is -2.32. The van der Waals surface area contributed by atoms with Crippen LogP contribution in [0.4, 0.5) is 8.78 Å². The topological polar surface area (TPSA) is 54.7 Å². The third kappa shape index (κ3) is 9.72. The van der Waals surface area contributed by atoms with Crippen LogP contribution in [0.5, 0.6) is 5.75 Å². The van der Waals surface area contributed by atoms with E-state index in [1.165, 1.54) is 12.1 Å². The number of alkyl halides is 2. The van der Waals surface area contributed by atoms with Crippen molar-refractivity contribution in [3.05, 3.63) is 82.8 Å². The van der Waals surface area contributed by atoms with Crippen molar-refractivity contribution in [3.8, 4) is 5.75 Å². The van der Waals surface area contributed by atoms with Crippen LogP contribution in [-0.4, -0.2) is 34.8 Å². The molecule has 3 rings (SSSR count). The van der Waals surface area contributed by atoms with Gasteiger partial charge in [-0.3, -0.25) is 4.79 Å². The molecule has 2 heterocycles. The van der Waals surface area contributed by atoms with Gasteiger partial charge in [0.05, 0.1) is 17.0 Å². The highest BCUT2D eigenvalue weighted by Gasteiger charge is 2.21. The molecule has 1 aromatic carbocycles. The molecule has 0 amide bonds. The molecule has 1 aromatic heterocycles. The Balaban J connectivity index is 0.00000137. The molecule has 0 fully saturated rings. The number of halogens is 2. The number of hydrogen-bond acceptors (Lipinski definition) is 4. The Labute approximate surface area is 215 Å². The second-order valence-electron chi connectivity index (χ2n) is 8.16. The normalized spacial score (nSPS) is 12.9. The van der Waals surface area contributed by atoms with E-state index in [9.17, 15) is 18.7 Å². The zero-order valence-corrected chi connectivity index (χ0v) is 22.9. The lowest BCUT2D eigenvalue weighted by molar-refractivity contribution is -0.0500. The zero-order chi connectivity index (χ0) is 28.0. The molecule has 2 aromatic rings. The largest absolute Gasteiger partial charge is 0.508 e. The molecular weight excluding hydrogens is 462 g/mol. The maximum absolute atomic E-state index is 12.7. The van der Waals surface area contributed by atoms with Crippen molar-refractivity contribution in [2.75, 3.05) is 13.6 Å². The molecule has 36 heavy (non-hydrogen) atoms. The molecule has 0 saturated heterocycles. The minimum atomic E-state index is -2.94. The minimum Gasteiger partial charge on any atom is -0.508 e. The third-order valence-corrected chi connectivity index (χ3v) is 4.55. The van der Waals surface area contributed by atoms with Crippen molar-refractivity contribution >= 4 is 17.0 Å². The van der Waals surface area contributed by atoms with Crippen molar-refractivity contribution in [3.63, 3.8) is 0 Å². The molecule has 0 atom stereocenters. The molecule has 200 valence electrons. The minimum absolute atomic E-state index is 0.0298. The van der Waals surface area contributed by atoms with E-state index in [0.717, 1.165) is 5.92 Å². The molecule has 1 aliphatic rings. The number of aliphatic hydroxyl groups excluding tert-OH is 1. The van der Waals surface area contributed by atoms with Gasteiger partial charge in [-0.05, 0) is 23.6 Å². The molecule has 0 radical (unpaired) electrons. The summed E-state index contributed by atoms with van der Waals surface area (Å²) in [6, 6.07) is 7.83. The predicted molar refractivity (Wildman–Crippen MR) is 148 cm³/mol. The first kappa shape index (κ1) is 32.7. The fraction of sp³-hybridized carbons (Fsp3) is 0.414. The molecule has 0 aliphatic carbocycles. The highest BCUT2D eigenvalue weighted by Crippen LogP contribution is 2.31. The number of benzene rings is 1. The number of aliphatic hydroxyl groups is 1. The Morgan fingerprint density at radius 2 is 1.61 bits per heavy atom. The number of fused-ring (bicyclic) bond motifs is 1. The van der Waals surface area contributed by atoms with Crippen LogP contribution >= 0.6 is 0 Å². The van der Waals surface area contributed by atoms with Gasteiger partial charge in [-0.1, -0.05) is 79.8 Å². The van der Waals surface area contributed by atoms with Gasteiger partial charge < -0.3 is 19.3 Å². The fourth-order valence-electron chi connectivity index (χ4n) is 3.13. The summed E-state index contributed by atoms with van der Waals surface area (Å²) in [5.74, 6) is 0.578. The number of rotatable bonds is 5. The molecule has 0 saturated carbocycles. The number of allylic oxidation sites excluding steroid dienone is 2. The van der Waals surface area contributed by atoms with Crippen LogP contribution in [0.15, 0.2) is 60.6 Å². The SMILES string of the molecule is C=C(/C=C1/c2cc(=O)c(C(=C)O)cn2CCN1C)c1ccccc1OC(F)F.CC.CC.CC(C)C. The summed E-state index contributed by atoms with van der Waals surface area (Å²) in [6.07, 6.45) is 3.29. The van der Waals surface area contributed by atoms with Gasteiger partial charge in [0.1, 0.15) is 11.5 Å². The number of hydrogen-bond donors (Lipinski definition) is 1. The van der Waals surface area contributed by atoms with Gasteiger partial charge in [0.25, 0.3) is 0 Å². The second-order valence-corrected chi connectivity index (χ2v) is 8.16. The Hall–Kier alpha value is -3.35. The number of aromatic nitrogens is 1. The zero-order valence-electron chi connectivity index (χ0n) is 22.9. The van der Waals surface area contributed by atoms with Crippen molar-refractivity contribution in [2.45, 2.75) is 61.6 Å². The molecular formula is C29H42F2N2O3. The summed E-state index contributed by atoms with van der Waals surface area (Å²) in [6.45, 7) is 20.2. The van der Waals surface area contributed by atoms with Gasteiger partial charge in [-0.25, -0.2) is 0 Å². The first-order valence-corrected chi connectivity index (χ1v) is 12.3. The lowest BCUT2D eigenvalue weighted by Gasteiger charge is -2.32. The second kappa shape index (κ2) is 16.3. The van der Waals surface area contributed by atoms with Gasteiger partial charge in [0.2, 0.25) is 0 Å². The first-order chi connectivity index (χ1) is 17.0. The number of likely N-dealkylation sites (N-methyl/N-ethyl adjacent to an activating group) is 1. The Kier molecular flexibility index (Phi) is 14.8. The van der Waals surface area contributed by atoms with E-state index in [1.54, 1.807) is 30.5 Å². The van der Waals surface area contributed by atoms with E-state index in [0.29, 0.717) is 35.6 Å². The smallest absolute Gasteiger partial charge is 0.387 e. The molecule has 0 spiro atoms. The lowest BCUT2D eigenvalue weighted by atomic mass is 10.0. The molecule has 0 unspecified atom stereocenters. The van der Waals surface area contributed by atoms with Gasteiger partial charge >= 0.3 is 6.61 Å². The van der Waals surface area contributed by atoms with Gasteiger partial charge in [0, 0.05) is 38.0 Å². The van der Waals surface area contributed by atoms with Crippen LogP contribution in [0, 0.1) is 5.92 Å². The monoisotopic (exact) mass is 504 g/mol. The summed E-state index contributed by atoms with van der Waals surface area (Å²) >= 11 is 0. The quantitative estimate of drug-likeness (QED) is 0.424. The molecule has 1 N–H and O–H groups in total. The Morgan fingerprint density at radius 1 is 1.06 bits per heavy atom. The maximum atomic E-state index is 12.7. The standard InChI is InChI=1S/C21H20F2N2O3.C4H10.2C2H6/c1-13(15-6-4-5-7-20(15)28-21(22)23)10-17-18-11-19(27)16(14(2)26)12-25(18)9-8-24(17)3;1-4(2)3;2*1-2/h4-7,10-12,21,26H,1-2,8-9H2,3H3;4H,1-3H3;2*1-2H3/b17-10-;;;. The number of para-hydroxylation sites is 1. The maximum Gasteiger partial charge on any atom is 0.387 e. The van der Waals surface area contributed by atoms with E-state index >= 15 is 0 Å². The van der Waals surface area contributed by atoms with Crippen LogP contribution in [0.2, 0.25) is 0 Å². The van der Waals surface area contributed by atoms with E-state index in [4.69, 9.17) is 0 Å². The van der Waals surface area contributed by atoms with Gasteiger partial charge in [-0.2, -0.15) is 8.78 Å². The van der Waals surface area contributed by atoms with Gasteiger partial charge in [0.15, 0.2) is 5.43 Å². The van der Waals surface area contributed by atoms with E-state index in [1.807, 2.05) is 44.2 Å². The molecule has 1 aliphatic heterocycles. The fourth-order valence-corrected chi connectivity index (χ4v) is 3.13. The third-order valence-electron chi connectivity index (χ3n) is 4.55. The average molecular weight is 505 g/mol. The Bertz CT molecular complexity index is 1070. The van der Waals surface area contributed by atoms with Crippen molar-refractivity contribution in [1.29, 1.82) is 0 Å². The van der Waals surface area contributed by atoms with Crippen LogP contribution < -0.4 is 10.2 Å². The number of pyridine rings is 1. The molecule has 5 nitrogen and oxygen atoms in total. The van der Waals surface area contributed by atoms with E-state index in [2.05, 4.69) is 38.7 Å². The van der Waals surface area contributed by atoms with Gasteiger partial charge in [-0.15, -0.1) is 0 Å². The first-order valence-electron chi connectivity index (χ1n) is 12.3. The van der Waals surface area contributed by atoms with Crippen molar-refractivity contribution in [2.24, 2.45) is 5.92 Å². The van der Waals surface area contributed by atoms with Crippen LogP contribution in [-0.2, 0) is 6.54 Å². The molecule has 0 bridgehead atoms. The van der Waals surface area contributed by atoms with Crippen LogP contribution in [0.25, 0.3) is 17.0 Å². The van der Waals surface area contributed by atoms with Crippen molar-refractivity contribution < 1.29 is 18.6 Å². The summed E-state index contributed by atoms with van der Waals surface area (Å²) in [5.41, 5.74) is 2.03. The Morgan fingerprint density at radius 3 is 2.14 bits per heavy atom. The highest BCUT2D eigenvalue weighted by atomic mass is 19.3. The van der Waals surface area contributed by atoms with Crippen LogP contribution in [0.3, 0.4) is 0 Å². The van der Waals surface area contributed by atoms with E-state index < -0.39 is 6.61 Å². The number of nitrogens with zero attached hydrogens (tertiary/aromatic N) is 2. The van der Waals surface area contributed by atoms with Crippen LogP contribution in [0.1, 0.15) is 65.3 Å². The number of ether oxygens (including phenoxy) is 1. The summed E-state index contributed by atoms with van der Waals surface area (Å²) in [5, 5.41) is 9.60. The average Bonchev–Trinajstić information content (AvgIpc) is 2.82. The molecule has 7 heteroatoms. The van der Waals surface area contributed by atoms with Crippen molar-refractivity contribution in [1.82, 2.24) is 9.47 Å². The summed E-state index contributed by atoms with van der Waals surface area (Å²) < 4.78 is 31.8. The summed E-state index contributed by atoms with van der Waals surface area (Å²) in [7, 11) is 1.87. The predicted octanol–water partition coefficient (Wildman–Crippen LogP) is 7.69. The van der Waals surface area contributed by atoms with E-state index in [-0.39, 0.29) is 22.5 Å². The summed E-state index contributed by atoms with van der Waals surface area (Å²) in [4.78, 5) is 14.3.